The number of rotatable bonds is 3. The second-order valence-corrected chi connectivity index (χ2v) is 5.88. The molecule has 0 bridgehead atoms. The third-order valence-electron chi connectivity index (χ3n) is 3.67. The average Bonchev–Trinajstić information content (AvgIpc) is 2.69. The number of carbonyl (C=O) groups excluding carboxylic acids is 1. The fourth-order valence-electron chi connectivity index (χ4n) is 2.56. The highest BCUT2D eigenvalue weighted by Crippen LogP contribution is 2.22. The minimum atomic E-state index is 0.134. The zero-order valence-corrected chi connectivity index (χ0v) is 12.3. The van der Waals surface area contributed by atoms with Gasteiger partial charge in [-0.25, -0.2) is 0 Å². The Morgan fingerprint density at radius 2 is 2.17 bits per heavy atom. The van der Waals surface area contributed by atoms with E-state index in [1.54, 1.807) is 0 Å². The van der Waals surface area contributed by atoms with E-state index in [0.717, 1.165) is 49.1 Å². The summed E-state index contributed by atoms with van der Waals surface area (Å²) in [6.07, 6.45) is 5.15. The predicted octanol–water partition coefficient (Wildman–Crippen LogP) is 1.99. The molecular weight excluding hydrogens is 294 g/mol. The van der Waals surface area contributed by atoms with Crippen molar-refractivity contribution < 1.29 is 4.79 Å². The van der Waals surface area contributed by atoms with Gasteiger partial charge in [0.2, 0.25) is 0 Å². The molecule has 0 saturated carbocycles. The second-order valence-electron chi connectivity index (χ2n) is 4.97. The summed E-state index contributed by atoms with van der Waals surface area (Å²) >= 11 is 3.40. The number of carbonyl (C=O) groups is 1. The molecule has 0 aromatic carbocycles. The summed E-state index contributed by atoms with van der Waals surface area (Å²) in [4.78, 5) is 14.3. The number of hydrogen-bond donors (Lipinski definition) is 1. The van der Waals surface area contributed by atoms with Gasteiger partial charge in [0.15, 0.2) is 0 Å². The highest BCUT2D eigenvalue weighted by Gasteiger charge is 2.24. The molecule has 0 atom stereocenters. The third-order valence-corrected chi connectivity index (χ3v) is 4.10. The van der Waals surface area contributed by atoms with Gasteiger partial charge < -0.3 is 15.2 Å². The molecule has 2 N–H and O–H groups in total. The Balaban J connectivity index is 1.97. The van der Waals surface area contributed by atoms with Gasteiger partial charge >= 0.3 is 0 Å². The quantitative estimate of drug-likeness (QED) is 0.927. The van der Waals surface area contributed by atoms with Crippen LogP contribution in [0.5, 0.6) is 0 Å². The first-order valence-corrected chi connectivity index (χ1v) is 7.22. The molecule has 2 heterocycles. The molecule has 0 radical (unpaired) electrons. The van der Waals surface area contributed by atoms with Crippen LogP contribution in [0.25, 0.3) is 0 Å². The summed E-state index contributed by atoms with van der Waals surface area (Å²) in [5, 5.41) is 0. The molecule has 2 rings (SSSR count). The van der Waals surface area contributed by atoms with Crippen LogP contribution in [0.1, 0.15) is 29.8 Å². The number of aromatic nitrogens is 1. The molecule has 1 aromatic heterocycles. The van der Waals surface area contributed by atoms with Crippen LogP contribution in [-0.2, 0) is 7.05 Å². The van der Waals surface area contributed by atoms with E-state index in [9.17, 15) is 4.79 Å². The van der Waals surface area contributed by atoms with Gasteiger partial charge in [-0.05, 0) is 53.7 Å². The maximum atomic E-state index is 12.4. The molecule has 18 heavy (non-hydrogen) atoms. The molecule has 100 valence electrons. The molecule has 1 aromatic rings. The Labute approximate surface area is 116 Å². The number of aryl methyl sites for hydroxylation is 1. The maximum absolute atomic E-state index is 12.4. The topological polar surface area (TPSA) is 51.3 Å². The lowest BCUT2D eigenvalue weighted by molar-refractivity contribution is 0.0678. The Morgan fingerprint density at radius 1 is 1.50 bits per heavy atom. The third kappa shape index (κ3) is 2.95. The number of halogens is 1. The molecule has 0 unspecified atom stereocenters. The highest BCUT2D eigenvalue weighted by atomic mass is 79.9. The molecule has 1 aliphatic rings. The SMILES string of the molecule is Cn1cc(Br)cc1C(=O)N1CCC(CCN)CC1. The molecule has 1 fully saturated rings. The van der Waals surface area contributed by atoms with Crippen LogP contribution < -0.4 is 5.73 Å². The standard InChI is InChI=1S/C13H20BrN3O/c1-16-9-11(14)8-12(16)13(18)17-6-3-10(2-5-15)4-7-17/h8-10H,2-7,15H2,1H3. The minimum absolute atomic E-state index is 0.134. The first-order chi connectivity index (χ1) is 8.61. The summed E-state index contributed by atoms with van der Waals surface area (Å²) in [5.41, 5.74) is 6.33. The monoisotopic (exact) mass is 313 g/mol. The van der Waals surface area contributed by atoms with Gasteiger partial charge in [-0.2, -0.15) is 0 Å². The van der Waals surface area contributed by atoms with Gasteiger partial charge in [-0.1, -0.05) is 0 Å². The molecule has 1 aliphatic heterocycles. The normalized spacial score (nSPS) is 17.2. The van der Waals surface area contributed by atoms with Crippen molar-refractivity contribution in [2.75, 3.05) is 19.6 Å². The number of hydrogen-bond acceptors (Lipinski definition) is 2. The van der Waals surface area contributed by atoms with E-state index in [1.165, 1.54) is 0 Å². The van der Waals surface area contributed by atoms with Crippen LogP contribution >= 0.6 is 15.9 Å². The lowest BCUT2D eigenvalue weighted by Gasteiger charge is -2.31. The smallest absolute Gasteiger partial charge is 0.270 e. The predicted molar refractivity (Wildman–Crippen MR) is 75.4 cm³/mol. The number of nitrogens with zero attached hydrogens (tertiary/aromatic N) is 2. The fraction of sp³-hybridized carbons (Fsp3) is 0.615. The van der Waals surface area contributed by atoms with Crippen molar-refractivity contribution >= 4 is 21.8 Å². The van der Waals surface area contributed by atoms with Crippen LogP contribution in [-0.4, -0.2) is 35.0 Å². The van der Waals surface area contributed by atoms with Crippen LogP contribution in [0.4, 0.5) is 0 Å². The lowest BCUT2D eigenvalue weighted by Crippen LogP contribution is -2.39. The summed E-state index contributed by atoms with van der Waals surface area (Å²) in [7, 11) is 1.90. The number of piperidine rings is 1. The molecule has 5 heteroatoms. The number of amides is 1. The van der Waals surface area contributed by atoms with E-state index in [-0.39, 0.29) is 5.91 Å². The molecule has 0 spiro atoms. The van der Waals surface area contributed by atoms with E-state index in [0.29, 0.717) is 5.92 Å². The van der Waals surface area contributed by atoms with Crippen molar-refractivity contribution in [2.45, 2.75) is 19.3 Å². The zero-order valence-electron chi connectivity index (χ0n) is 10.7. The van der Waals surface area contributed by atoms with E-state index in [1.807, 2.05) is 28.8 Å². The highest BCUT2D eigenvalue weighted by molar-refractivity contribution is 9.10. The number of likely N-dealkylation sites (tertiary alicyclic amines) is 1. The molecular formula is C13H20BrN3O. The summed E-state index contributed by atoms with van der Waals surface area (Å²) in [6, 6.07) is 1.88. The molecule has 1 amide bonds. The van der Waals surface area contributed by atoms with Gasteiger partial charge in [-0.15, -0.1) is 0 Å². The van der Waals surface area contributed by atoms with E-state index >= 15 is 0 Å². The van der Waals surface area contributed by atoms with Crippen molar-refractivity contribution in [3.8, 4) is 0 Å². The Hall–Kier alpha value is -0.810. The van der Waals surface area contributed by atoms with Crippen LogP contribution in [0.3, 0.4) is 0 Å². The maximum Gasteiger partial charge on any atom is 0.270 e. The van der Waals surface area contributed by atoms with Gasteiger partial charge in [0.1, 0.15) is 5.69 Å². The fourth-order valence-corrected chi connectivity index (χ4v) is 3.08. The Bertz CT molecular complexity index is 422. The summed E-state index contributed by atoms with van der Waals surface area (Å²) in [5.74, 6) is 0.827. The van der Waals surface area contributed by atoms with E-state index in [4.69, 9.17) is 5.73 Å². The molecule has 4 nitrogen and oxygen atoms in total. The first-order valence-electron chi connectivity index (χ1n) is 6.43. The van der Waals surface area contributed by atoms with Crippen LogP contribution in [0, 0.1) is 5.92 Å². The molecule has 0 aliphatic carbocycles. The van der Waals surface area contributed by atoms with Crippen molar-refractivity contribution in [1.29, 1.82) is 0 Å². The minimum Gasteiger partial charge on any atom is -0.345 e. The number of nitrogens with two attached hydrogens (primary N) is 1. The lowest BCUT2D eigenvalue weighted by atomic mass is 9.93. The van der Waals surface area contributed by atoms with Crippen LogP contribution in [0.2, 0.25) is 0 Å². The van der Waals surface area contributed by atoms with Crippen molar-refractivity contribution in [2.24, 2.45) is 18.7 Å². The Kier molecular flexibility index (Phi) is 4.45. The van der Waals surface area contributed by atoms with Crippen molar-refractivity contribution in [3.63, 3.8) is 0 Å². The average molecular weight is 314 g/mol. The van der Waals surface area contributed by atoms with Gasteiger partial charge in [0, 0.05) is 30.8 Å². The Morgan fingerprint density at radius 3 is 2.67 bits per heavy atom. The van der Waals surface area contributed by atoms with Gasteiger partial charge in [-0.3, -0.25) is 4.79 Å². The zero-order chi connectivity index (χ0) is 13.1. The second kappa shape index (κ2) is 5.89. The largest absolute Gasteiger partial charge is 0.345 e. The van der Waals surface area contributed by atoms with Crippen molar-refractivity contribution in [1.82, 2.24) is 9.47 Å². The van der Waals surface area contributed by atoms with Crippen molar-refractivity contribution in [3.05, 3.63) is 22.4 Å². The van der Waals surface area contributed by atoms with E-state index < -0.39 is 0 Å². The van der Waals surface area contributed by atoms with E-state index in [2.05, 4.69) is 15.9 Å². The summed E-state index contributed by atoms with van der Waals surface area (Å²) in [6.45, 7) is 2.46. The molecule has 1 saturated heterocycles. The van der Waals surface area contributed by atoms with Gasteiger partial charge in [0.05, 0.1) is 0 Å². The van der Waals surface area contributed by atoms with Crippen LogP contribution in [0.15, 0.2) is 16.7 Å². The summed E-state index contributed by atoms with van der Waals surface area (Å²) < 4.78 is 2.82. The van der Waals surface area contributed by atoms with Gasteiger partial charge in [0.25, 0.3) is 5.91 Å². The first kappa shape index (κ1) is 13.6.